The Bertz CT molecular complexity index is 454. The predicted octanol–water partition coefficient (Wildman–Crippen LogP) is 1.34. The zero-order chi connectivity index (χ0) is 19.8. The van der Waals surface area contributed by atoms with Gasteiger partial charge in [0.05, 0.1) is 0 Å². The number of rotatable bonds is 15. The van der Waals surface area contributed by atoms with Crippen LogP contribution in [0.25, 0.3) is 0 Å². The van der Waals surface area contributed by atoms with Crippen LogP contribution >= 0.6 is 0 Å². The summed E-state index contributed by atoms with van der Waals surface area (Å²) < 4.78 is 0. The number of hydrogen-bond acceptors (Lipinski definition) is 4. The molecule has 8 nitrogen and oxygen atoms in total. The van der Waals surface area contributed by atoms with Crippen LogP contribution in [0.3, 0.4) is 0 Å². The second-order valence-corrected chi connectivity index (χ2v) is 6.21. The lowest BCUT2D eigenvalue weighted by Crippen LogP contribution is -2.41. The first kappa shape index (κ1) is 23.9. The number of hydrogen-bond donors (Lipinski definition) is 4. The first-order valence-corrected chi connectivity index (χ1v) is 9.46. The maximum absolute atomic E-state index is 11.7. The van der Waals surface area contributed by atoms with Crippen LogP contribution in [0.1, 0.15) is 71.6 Å². The highest BCUT2D eigenvalue weighted by molar-refractivity contribution is 5.84. The molecule has 4 N–H and O–H groups in total. The molecule has 150 valence electrons. The van der Waals surface area contributed by atoms with Crippen molar-refractivity contribution in [1.82, 2.24) is 16.0 Å². The predicted molar refractivity (Wildman–Crippen MR) is 98.5 cm³/mol. The Morgan fingerprint density at radius 3 is 1.88 bits per heavy atom. The molecule has 3 amide bonds. The van der Waals surface area contributed by atoms with E-state index in [1.807, 2.05) is 0 Å². The van der Waals surface area contributed by atoms with Gasteiger partial charge >= 0.3 is 5.97 Å². The Morgan fingerprint density at radius 2 is 1.38 bits per heavy atom. The molecule has 0 aliphatic carbocycles. The third-order valence-electron chi connectivity index (χ3n) is 3.88. The molecule has 0 aliphatic heterocycles. The van der Waals surface area contributed by atoms with Gasteiger partial charge in [-0.15, -0.1) is 0 Å². The average molecular weight is 371 g/mol. The molecule has 1 atom stereocenters. The molecule has 0 rings (SSSR count). The third-order valence-corrected chi connectivity index (χ3v) is 3.88. The van der Waals surface area contributed by atoms with Crippen molar-refractivity contribution in [3.8, 4) is 0 Å². The van der Waals surface area contributed by atoms with Gasteiger partial charge in [-0.3, -0.25) is 14.4 Å². The Hall–Kier alpha value is -2.12. The Labute approximate surface area is 155 Å². The van der Waals surface area contributed by atoms with E-state index in [2.05, 4.69) is 22.9 Å². The van der Waals surface area contributed by atoms with Crippen LogP contribution in [0.15, 0.2) is 0 Å². The second kappa shape index (κ2) is 15.2. The summed E-state index contributed by atoms with van der Waals surface area (Å²) >= 11 is 0. The number of amides is 3. The minimum atomic E-state index is -1.09. The van der Waals surface area contributed by atoms with Gasteiger partial charge in [0, 0.05) is 32.4 Å². The van der Waals surface area contributed by atoms with Crippen LogP contribution in [-0.4, -0.2) is 47.9 Å². The van der Waals surface area contributed by atoms with Crippen molar-refractivity contribution in [3.63, 3.8) is 0 Å². The van der Waals surface area contributed by atoms with Crippen LogP contribution in [0, 0.1) is 0 Å². The van der Waals surface area contributed by atoms with E-state index in [9.17, 15) is 19.2 Å². The molecule has 0 heterocycles. The number of unbranched alkanes of at least 4 members (excludes halogenated alkanes) is 3. The lowest BCUT2D eigenvalue weighted by atomic mass is 10.1. The molecular formula is C18H33N3O5. The summed E-state index contributed by atoms with van der Waals surface area (Å²) in [6.45, 7) is 4.72. The Kier molecular flexibility index (Phi) is 13.9. The summed E-state index contributed by atoms with van der Waals surface area (Å²) in [7, 11) is 0. The molecule has 0 aromatic heterocycles. The van der Waals surface area contributed by atoms with Gasteiger partial charge in [-0.2, -0.15) is 0 Å². The molecule has 0 aromatic rings. The second-order valence-electron chi connectivity index (χ2n) is 6.21. The van der Waals surface area contributed by atoms with E-state index in [-0.39, 0.29) is 43.4 Å². The van der Waals surface area contributed by atoms with Gasteiger partial charge in [0.25, 0.3) is 0 Å². The Morgan fingerprint density at radius 1 is 0.808 bits per heavy atom. The highest BCUT2D eigenvalue weighted by Gasteiger charge is 2.18. The normalized spacial score (nSPS) is 11.5. The fourth-order valence-electron chi connectivity index (χ4n) is 2.27. The number of nitrogens with one attached hydrogen (secondary N) is 3. The number of carboxylic acid groups (broad SMARTS) is 1. The van der Waals surface area contributed by atoms with Gasteiger partial charge in [-0.25, -0.2) is 4.79 Å². The highest BCUT2D eigenvalue weighted by Crippen LogP contribution is 1.99. The van der Waals surface area contributed by atoms with E-state index >= 15 is 0 Å². The van der Waals surface area contributed by atoms with E-state index < -0.39 is 12.0 Å². The minimum absolute atomic E-state index is 0.107. The molecular weight excluding hydrogens is 338 g/mol. The van der Waals surface area contributed by atoms with Crippen LogP contribution in [0.4, 0.5) is 0 Å². The van der Waals surface area contributed by atoms with E-state index in [0.717, 1.165) is 25.7 Å². The lowest BCUT2D eigenvalue weighted by Gasteiger charge is -2.14. The maximum Gasteiger partial charge on any atom is 0.326 e. The smallest absolute Gasteiger partial charge is 0.326 e. The molecule has 0 aliphatic rings. The molecule has 0 unspecified atom stereocenters. The Balaban J connectivity index is 3.79. The zero-order valence-electron chi connectivity index (χ0n) is 15.9. The summed E-state index contributed by atoms with van der Waals surface area (Å²) in [5.74, 6) is -1.78. The van der Waals surface area contributed by atoms with Gasteiger partial charge in [0.1, 0.15) is 6.04 Å². The zero-order valence-corrected chi connectivity index (χ0v) is 15.9. The van der Waals surface area contributed by atoms with Gasteiger partial charge < -0.3 is 21.1 Å². The fourth-order valence-corrected chi connectivity index (χ4v) is 2.27. The first-order valence-electron chi connectivity index (χ1n) is 9.46. The molecule has 8 heteroatoms. The number of carbonyl (C=O) groups is 4. The monoisotopic (exact) mass is 371 g/mol. The van der Waals surface area contributed by atoms with Crippen LogP contribution in [0.5, 0.6) is 0 Å². The van der Waals surface area contributed by atoms with Gasteiger partial charge in [-0.1, -0.05) is 33.1 Å². The van der Waals surface area contributed by atoms with Crippen molar-refractivity contribution >= 4 is 23.7 Å². The molecule has 0 fully saturated rings. The fraction of sp³-hybridized carbons (Fsp3) is 0.778. The van der Waals surface area contributed by atoms with E-state index in [1.165, 1.54) is 0 Å². The van der Waals surface area contributed by atoms with E-state index in [0.29, 0.717) is 19.5 Å². The molecule has 0 radical (unpaired) electrons. The van der Waals surface area contributed by atoms with Crippen molar-refractivity contribution < 1.29 is 24.3 Å². The first-order chi connectivity index (χ1) is 12.4. The lowest BCUT2D eigenvalue weighted by molar-refractivity contribution is -0.142. The number of carbonyl (C=O) groups excluding carboxylic acids is 3. The van der Waals surface area contributed by atoms with Crippen molar-refractivity contribution in [2.24, 2.45) is 0 Å². The van der Waals surface area contributed by atoms with Crippen LogP contribution in [0.2, 0.25) is 0 Å². The van der Waals surface area contributed by atoms with Crippen molar-refractivity contribution in [1.29, 1.82) is 0 Å². The average Bonchev–Trinajstić information content (AvgIpc) is 2.61. The molecule has 0 aromatic carbocycles. The van der Waals surface area contributed by atoms with Crippen molar-refractivity contribution in [2.45, 2.75) is 77.7 Å². The standard InChI is InChI=1S/C18H33N3O5/c1-3-5-6-7-12-19-16(23)10-11-17(24)20-13-8-9-14(18(25)26)21-15(22)4-2/h14H,3-13H2,1-2H3,(H,19,23)(H,20,24)(H,21,22)(H,25,26)/t14-/m1/s1. The van der Waals surface area contributed by atoms with Crippen LogP contribution < -0.4 is 16.0 Å². The molecule has 0 spiro atoms. The summed E-state index contributed by atoms with van der Waals surface area (Å²) in [5.41, 5.74) is 0. The van der Waals surface area contributed by atoms with Crippen molar-refractivity contribution in [2.75, 3.05) is 13.1 Å². The maximum atomic E-state index is 11.7. The van der Waals surface area contributed by atoms with Crippen molar-refractivity contribution in [3.05, 3.63) is 0 Å². The number of aliphatic carboxylic acids is 1. The topological polar surface area (TPSA) is 125 Å². The van der Waals surface area contributed by atoms with Gasteiger partial charge in [0.2, 0.25) is 17.7 Å². The number of carboxylic acids is 1. The summed E-state index contributed by atoms with van der Waals surface area (Å²) in [6, 6.07) is -0.946. The SMILES string of the molecule is CCCCCCNC(=O)CCC(=O)NCCC[C@@H](NC(=O)CC)C(=O)O. The van der Waals surface area contributed by atoms with E-state index in [1.54, 1.807) is 6.92 Å². The van der Waals surface area contributed by atoms with E-state index in [4.69, 9.17) is 5.11 Å². The third kappa shape index (κ3) is 13.2. The summed E-state index contributed by atoms with van der Waals surface area (Å²) in [4.78, 5) is 45.6. The summed E-state index contributed by atoms with van der Waals surface area (Å²) in [5, 5.41) is 16.9. The van der Waals surface area contributed by atoms with Crippen LogP contribution in [-0.2, 0) is 19.2 Å². The molecule has 26 heavy (non-hydrogen) atoms. The summed E-state index contributed by atoms with van der Waals surface area (Å²) in [6.07, 6.45) is 5.48. The largest absolute Gasteiger partial charge is 0.480 e. The molecule has 0 saturated carbocycles. The quantitative estimate of drug-likeness (QED) is 0.323. The highest BCUT2D eigenvalue weighted by atomic mass is 16.4. The minimum Gasteiger partial charge on any atom is -0.480 e. The van der Waals surface area contributed by atoms with Gasteiger partial charge in [0.15, 0.2) is 0 Å². The molecule has 0 saturated heterocycles. The van der Waals surface area contributed by atoms with Gasteiger partial charge in [-0.05, 0) is 19.3 Å². The molecule has 0 bridgehead atoms.